The normalized spacial score (nSPS) is 18.9. The first-order chi connectivity index (χ1) is 10.1. The lowest BCUT2D eigenvalue weighted by atomic mass is 10.0. The maximum atomic E-state index is 10.5. The van der Waals surface area contributed by atoms with Gasteiger partial charge in [0.05, 0.1) is 13.2 Å². The third kappa shape index (κ3) is 3.22. The molecular formula is C17H17BrO3. The molecule has 0 radical (unpaired) electrons. The number of benzene rings is 2. The van der Waals surface area contributed by atoms with E-state index in [2.05, 4.69) is 22.9 Å². The molecule has 0 aromatic heterocycles. The van der Waals surface area contributed by atoms with Gasteiger partial charge < -0.3 is 14.6 Å². The van der Waals surface area contributed by atoms with Crippen molar-refractivity contribution in [1.29, 1.82) is 0 Å². The summed E-state index contributed by atoms with van der Waals surface area (Å²) in [5, 5.41) is 10.5. The van der Waals surface area contributed by atoms with E-state index in [-0.39, 0.29) is 0 Å². The van der Waals surface area contributed by atoms with E-state index in [9.17, 15) is 5.11 Å². The van der Waals surface area contributed by atoms with Gasteiger partial charge >= 0.3 is 0 Å². The molecule has 4 heteroatoms. The summed E-state index contributed by atoms with van der Waals surface area (Å²) in [5.41, 5.74) is 1.64. The molecule has 0 amide bonds. The summed E-state index contributed by atoms with van der Waals surface area (Å²) in [7, 11) is 0. The highest BCUT2D eigenvalue weighted by Crippen LogP contribution is 2.35. The molecule has 110 valence electrons. The molecule has 1 N–H and O–H groups in total. The number of halogens is 1. The van der Waals surface area contributed by atoms with Gasteiger partial charge in [0, 0.05) is 10.4 Å². The molecule has 2 unspecified atom stereocenters. The van der Waals surface area contributed by atoms with Gasteiger partial charge in [-0.05, 0) is 35.4 Å². The van der Waals surface area contributed by atoms with Crippen LogP contribution in [0.3, 0.4) is 0 Å². The standard InChI is InChI=1S/C17H17BrO3/c1-11-9-20-15-6-5-13(8-16(15)21-10-11)17(19)12-3-2-4-14(18)7-12/h2-8,11,17,19H,9-10H2,1H3. The maximum absolute atomic E-state index is 10.5. The van der Waals surface area contributed by atoms with E-state index < -0.39 is 6.10 Å². The van der Waals surface area contributed by atoms with Crippen LogP contribution < -0.4 is 9.47 Å². The summed E-state index contributed by atoms with van der Waals surface area (Å²) in [5.74, 6) is 1.80. The van der Waals surface area contributed by atoms with Gasteiger partial charge in [0.25, 0.3) is 0 Å². The Labute approximate surface area is 132 Å². The van der Waals surface area contributed by atoms with Crippen LogP contribution in [-0.4, -0.2) is 18.3 Å². The van der Waals surface area contributed by atoms with Crippen molar-refractivity contribution in [1.82, 2.24) is 0 Å². The van der Waals surface area contributed by atoms with E-state index in [0.717, 1.165) is 21.3 Å². The summed E-state index contributed by atoms with van der Waals surface area (Å²) in [6.45, 7) is 3.37. The zero-order valence-electron chi connectivity index (χ0n) is 11.8. The molecule has 2 atom stereocenters. The number of rotatable bonds is 2. The molecule has 0 saturated carbocycles. The van der Waals surface area contributed by atoms with E-state index in [1.165, 1.54) is 0 Å². The van der Waals surface area contributed by atoms with Gasteiger partial charge in [-0.1, -0.05) is 41.1 Å². The van der Waals surface area contributed by atoms with Gasteiger partial charge in [0.1, 0.15) is 6.10 Å². The van der Waals surface area contributed by atoms with Gasteiger partial charge in [0.15, 0.2) is 11.5 Å². The van der Waals surface area contributed by atoms with Crippen molar-refractivity contribution in [3.63, 3.8) is 0 Å². The summed E-state index contributed by atoms with van der Waals surface area (Å²) in [6, 6.07) is 13.3. The highest BCUT2D eigenvalue weighted by Gasteiger charge is 2.18. The van der Waals surface area contributed by atoms with E-state index in [1.807, 2.05) is 42.5 Å². The fourth-order valence-corrected chi connectivity index (χ4v) is 2.73. The van der Waals surface area contributed by atoms with Crippen molar-refractivity contribution in [2.24, 2.45) is 5.92 Å². The number of hydrogen-bond donors (Lipinski definition) is 1. The second-order valence-electron chi connectivity index (χ2n) is 5.39. The molecule has 0 fully saturated rings. The van der Waals surface area contributed by atoms with Crippen LogP contribution in [0.5, 0.6) is 11.5 Å². The van der Waals surface area contributed by atoms with Crippen LogP contribution in [0.4, 0.5) is 0 Å². The Morgan fingerprint density at radius 1 is 1.05 bits per heavy atom. The molecule has 0 aliphatic carbocycles. The number of ether oxygens (including phenoxy) is 2. The molecule has 2 aromatic rings. The quantitative estimate of drug-likeness (QED) is 0.893. The number of aliphatic hydroxyl groups is 1. The van der Waals surface area contributed by atoms with Crippen LogP contribution >= 0.6 is 15.9 Å². The van der Waals surface area contributed by atoms with Crippen molar-refractivity contribution < 1.29 is 14.6 Å². The maximum Gasteiger partial charge on any atom is 0.161 e. The Morgan fingerprint density at radius 3 is 2.52 bits per heavy atom. The van der Waals surface area contributed by atoms with E-state index >= 15 is 0 Å². The average Bonchev–Trinajstić information content (AvgIpc) is 2.68. The molecule has 1 aliphatic heterocycles. The minimum atomic E-state index is -0.683. The number of aliphatic hydroxyl groups excluding tert-OH is 1. The topological polar surface area (TPSA) is 38.7 Å². The number of hydrogen-bond acceptors (Lipinski definition) is 3. The van der Waals surface area contributed by atoms with Crippen molar-refractivity contribution in [3.8, 4) is 11.5 Å². The fourth-order valence-electron chi connectivity index (χ4n) is 2.31. The molecule has 0 spiro atoms. The van der Waals surface area contributed by atoms with Gasteiger partial charge in [-0.3, -0.25) is 0 Å². The summed E-state index contributed by atoms with van der Waals surface area (Å²) in [6.07, 6.45) is -0.683. The van der Waals surface area contributed by atoms with Gasteiger partial charge in [-0.25, -0.2) is 0 Å². The molecule has 0 saturated heterocycles. The first-order valence-corrected chi connectivity index (χ1v) is 7.76. The zero-order valence-corrected chi connectivity index (χ0v) is 13.3. The van der Waals surface area contributed by atoms with E-state index in [4.69, 9.17) is 9.47 Å². The van der Waals surface area contributed by atoms with Crippen LogP contribution in [0, 0.1) is 5.92 Å². The molecule has 3 nitrogen and oxygen atoms in total. The second kappa shape index (κ2) is 6.08. The van der Waals surface area contributed by atoms with Gasteiger partial charge in [-0.2, -0.15) is 0 Å². The third-order valence-corrected chi connectivity index (χ3v) is 3.99. The Balaban J connectivity index is 1.90. The highest BCUT2D eigenvalue weighted by atomic mass is 79.9. The molecule has 2 aromatic carbocycles. The largest absolute Gasteiger partial charge is 0.489 e. The van der Waals surface area contributed by atoms with E-state index in [1.54, 1.807) is 0 Å². The van der Waals surface area contributed by atoms with Crippen molar-refractivity contribution >= 4 is 15.9 Å². The second-order valence-corrected chi connectivity index (χ2v) is 6.31. The first-order valence-electron chi connectivity index (χ1n) is 6.96. The zero-order chi connectivity index (χ0) is 14.8. The van der Waals surface area contributed by atoms with Crippen molar-refractivity contribution in [3.05, 3.63) is 58.1 Å². The number of fused-ring (bicyclic) bond motifs is 1. The minimum absolute atomic E-state index is 0.357. The lowest BCUT2D eigenvalue weighted by molar-refractivity contribution is 0.218. The fraction of sp³-hybridized carbons (Fsp3) is 0.294. The predicted molar refractivity (Wildman–Crippen MR) is 84.8 cm³/mol. The van der Waals surface area contributed by atoms with Gasteiger partial charge in [-0.15, -0.1) is 0 Å². The molecule has 1 heterocycles. The molecule has 0 bridgehead atoms. The summed E-state index contributed by atoms with van der Waals surface area (Å²) >= 11 is 3.42. The van der Waals surface area contributed by atoms with Crippen LogP contribution in [0.1, 0.15) is 24.2 Å². The Morgan fingerprint density at radius 2 is 1.76 bits per heavy atom. The summed E-state index contributed by atoms with van der Waals surface area (Å²) in [4.78, 5) is 0. The Bertz CT molecular complexity index is 642. The lowest BCUT2D eigenvalue weighted by Crippen LogP contribution is -2.12. The third-order valence-electron chi connectivity index (χ3n) is 3.49. The van der Waals surface area contributed by atoms with Crippen LogP contribution in [0.15, 0.2) is 46.9 Å². The van der Waals surface area contributed by atoms with Crippen LogP contribution in [-0.2, 0) is 0 Å². The average molecular weight is 349 g/mol. The van der Waals surface area contributed by atoms with E-state index in [0.29, 0.717) is 24.9 Å². The Hall–Kier alpha value is -1.52. The molecule has 1 aliphatic rings. The predicted octanol–water partition coefficient (Wildman–Crippen LogP) is 3.94. The highest BCUT2D eigenvalue weighted by molar-refractivity contribution is 9.10. The molecular weight excluding hydrogens is 332 g/mol. The van der Waals surface area contributed by atoms with Gasteiger partial charge in [0.2, 0.25) is 0 Å². The first kappa shape index (κ1) is 14.4. The van der Waals surface area contributed by atoms with Crippen molar-refractivity contribution in [2.45, 2.75) is 13.0 Å². The summed E-state index contributed by atoms with van der Waals surface area (Å²) < 4.78 is 12.4. The smallest absolute Gasteiger partial charge is 0.161 e. The Kier molecular flexibility index (Phi) is 4.17. The minimum Gasteiger partial charge on any atom is -0.489 e. The van der Waals surface area contributed by atoms with Crippen LogP contribution in [0.25, 0.3) is 0 Å². The monoisotopic (exact) mass is 348 g/mol. The lowest BCUT2D eigenvalue weighted by Gasteiger charge is -2.14. The van der Waals surface area contributed by atoms with Crippen molar-refractivity contribution in [2.75, 3.05) is 13.2 Å². The van der Waals surface area contributed by atoms with Crippen LogP contribution in [0.2, 0.25) is 0 Å². The molecule has 3 rings (SSSR count). The molecule has 21 heavy (non-hydrogen) atoms. The SMILES string of the molecule is CC1COc2ccc(C(O)c3cccc(Br)c3)cc2OC1.